The summed E-state index contributed by atoms with van der Waals surface area (Å²) in [7, 11) is 0. The second kappa shape index (κ2) is 10.6. The molecule has 5 fully saturated rings. The van der Waals surface area contributed by atoms with Crippen LogP contribution in [0.3, 0.4) is 0 Å². The largest absolute Gasteiger partial charge is 0.508 e. The summed E-state index contributed by atoms with van der Waals surface area (Å²) in [6, 6.07) is 3.18. The van der Waals surface area contributed by atoms with Crippen molar-refractivity contribution in [3.05, 3.63) is 34.0 Å². The summed E-state index contributed by atoms with van der Waals surface area (Å²) in [6.45, 7) is 5.93. The number of carbonyl (C=O) groups excluding carboxylic acids is 2. The number of imide groups is 1. The van der Waals surface area contributed by atoms with Gasteiger partial charge in [-0.15, -0.1) is 0 Å². The van der Waals surface area contributed by atoms with Crippen molar-refractivity contribution < 1.29 is 23.8 Å². The molecule has 6 aliphatic rings. The van der Waals surface area contributed by atoms with E-state index in [2.05, 4.69) is 32.3 Å². The molecule has 45 heavy (non-hydrogen) atoms. The van der Waals surface area contributed by atoms with Crippen molar-refractivity contribution in [1.29, 1.82) is 0 Å². The Morgan fingerprint density at radius 3 is 2.76 bits per heavy atom. The summed E-state index contributed by atoms with van der Waals surface area (Å²) in [5.74, 6) is 1.41. The molecule has 1 saturated carbocycles. The number of phenols is 1. The third kappa shape index (κ3) is 4.95. The molecule has 8 rings (SSSR count). The van der Waals surface area contributed by atoms with E-state index in [9.17, 15) is 19.1 Å². The van der Waals surface area contributed by atoms with E-state index in [-0.39, 0.29) is 23.2 Å². The average molecular weight is 640 g/mol. The molecule has 6 heterocycles. The van der Waals surface area contributed by atoms with Crippen LogP contribution in [0.1, 0.15) is 68.2 Å². The zero-order chi connectivity index (χ0) is 31.1. The van der Waals surface area contributed by atoms with Gasteiger partial charge in [0.2, 0.25) is 0 Å². The maximum Gasteiger partial charge on any atom is 0.322 e. The molecule has 0 radical (unpaired) electrons. The van der Waals surface area contributed by atoms with Crippen LogP contribution < -0.4 is 25.2 Å². The normalized spacial score (nSPS) is 32.5. The Labute approximate surface area is 266 Å². The molecule has 1 aromatic carbocycles. The van der Waals surface area contributed by atoms with Gasteiger partial charge in [0.15, 0.2) is 0 Å². The molecule has 2 aromatic rings. The minimum absolute atomic E-state index is 0.129. The molecule has 1 aliphatic carbocycles. The van der Waals surface area contributed by atoms with Gasteiger partial charge in [-0.3, -0.25) is 15.0 Å². The molecular formula is C32H39ClFN7O4. The highest BCUT2D eigenvalue weighted by molar-refractivity contribution is 6.32. The van der Waals surface area contributed by atoms with Crippen molar-refractivity contribution >= 4 is 35.0 Å². The number of phenolic OH excluding ortho intramolecular Hbond substituents is 1. The number of alkyl halides is 1. The molecule has 0 unspecified atom stereocenters. The predicted molar refractivity (Wildman–Crippen MR) is 166 cm³/mol. The maximum atomic E-state index is 14.5. The Balaban J connectivity index is 1.14. The zero-order valence-electron chi connectivity index (χ0n) is 25.5. The van der Waals surface area contributed by atoms with E-state index in [4.69, 9.17) is 26.3 Å². The van der Waals surface area contributed by atoms with Crippen molar-refractivity contribution in [2.24, 2.45) is 5.92 Å². The fraction of sp³-hybridized carbons (Fsp3) is 0.625. The van der Waals surface area contributed by atoms with E-state index in [1.807, 2.05) is 0 Å². The summed E-state index contributed by atoms with van der Waals surface area (Å²) in [5, 5.41) is 16.4. The summed E-state index contributed by atoms with van der Waals surface area (Å²) >= 11 is 6.71. The maximum absolute atomic E-state index is 14.5. The van der Waals surface area contributed by atoms with E-state index in [1.165, 1.54) is 0 Å². The SMILES string of the molecule is C[C@H]1C[C@H]1c1c(Cl)cc(O)cc1N1CCc2c(nc(OC[C@@]34CCCN3C[C@H](F)C4)nc2N2CCC[C@]3(C2)NC(=O)NC3=O)C1. The number of hydrogen-bond donors (Lipinski definition) is 3. The van der Waals surface area contributed by atoms with Gasteiger partial charge in [0.05, 0.1) is 24.3 Å². The van der Waals surface area contributed by atoms with Crippen molar-refractivity contribution in [1.82, 2.24) is 25.5 Å². The number of carbonyl (C=O) groups is 2. The molecule has 3 N–H and O–H groups in total. The van der Waals surface area contributed by atoms with Crippen LogP contribution in [0, 0.1) is 5.92 Å². The molecule has 240 valence electrons. The second-order valence-corrected chi connectivity index (χ2v) is 14.4. The highest BCUT2D eigenvalue weighted by Gasteiger charge is 2.51. The number of aromatic hydroxyl groups is 1. The smallest absolute Gasteiger partial charge is 0.322 e. The van der Waals surface area contributed by atoms with Crippen LogP contribution in [0.2, 0.25) is 5.02 Å². The molecule has 5 atom stereocenters. The van der Waals surface area contributed by atoms with E-state index in [0.717, 1.165) is 48.3 Å². The Morgan fingerprint density at radius 2 is 1.98 bits per heavy atom. The van der Waals surface area contributed by atoms with Crippen LogP contribution in [0.5, 0.6) is 11.8 Å². The van der Waals surface area contributed by atoms with Gasteiger partial charge in [0.25, 0.3) is 5.91 Å². The first kappa shape index (κ1) is 29.1. The Hall–Kier alpha value is -3.38. The molecule has 13 heteroatoms. The molecule has 3 amide bonds. The van der Waals surface area contributed by atoms with Gasteiger partial charge in [-0.25, -0.2) is 9.18 Å². The first-order valence-corrected chi connectivity index (χ1v) is 16.6. The zero-order valence-corrected chi connectivity index (χ0v) is 26.2. The molecule has 1 aromatic heterocycles. The van der Waals surface area contributed by atoms with Crippen molar-refractivity contribution in [2.75, 3.05) is 49.1 Å². The van der Waals surface area contributed by atoms with Crippen molar-refractivity contribution in [3.8, 4) is 11.8 Å². The lowest BCUT2D eigenvalue weighted by Crippen LogP contribution is -2.59. The van der Waals surface area contributed by atoms with Gasteiger partial charge in [-0.2, -0.15) is 9.97 Å². The minimum atomic E-state index is -1.01. The third-order valence-electron chi connectivity index (χ3n) is 11.0. The molecular weight excluding hydrogens is 601 g/mol. The van der Waals surface area contributed by atoms with Crippen molar-refractivity contribution in [2.45, 2.75) is 81.6 Å². The molecule has 5 aliphatic heterocycles. The fourth-order valence-corrected chi connectivity index (χ4v) is 8.91. The number of anilines is 2. The van der Waals surface area contributed by atoms with E-state index in [1.54, 1.807) is 12.1 Å². The quantitative estimate of drug-likeness (QED) is 0.407. The number of ether oxygens (including phenoxy) is 1. The molecule has 11 nitrogen and oxygen atoms in total. The highest BCUT2D eigenvalue weighted by atomic mass is 35.5. The number of benzene rings is 1. The number of halogens is 2. The minimum Gasteiger partial charge on any atom is -0.508 e. The number of amides is 3. The number of piperidine rings is 1. The van der Waals surface area contributed by atoms with Crippen LogP contribution in [0.15, 0.2) is 12.1 Å². The van der Waals surface area contributed by atoms with Crippen molar-refractivity contribution in [3.63, 3.8) is 0 Å². The van der Waals surface area contributed by atoms with Crippen LogP contribution in [0.4, 0.5) is 20.7 Å². The summed E-state index contributed by atoms with van der Waals surface area (Å²) in [4.78, 5) is 41.4. The van der Waals surface area contributed by atoms with Crippen LogP contribution >= 0.6 is 11.6 Å². The number of urea groups is 1. The lowest BCUT2D eigenvalue weighted by Gasteiger charge is -2.40. The molecule has 0 bridgehead atoms. The predicted octanol–water partition coefficient (Wildman–Crippen LogP) is 3.66. The first-order valence-electron chi connectivity index (χ1n) is 16.2. The van der Waals surface area contributed by atoms with E-state index in [0.29, 0.717) is 87.7 Å². The average Bonchev–Trinajstić information content (AvgIpc) is 3.30. The van der Waals surface area contributed by atoms with Gasteiger partial charge in [-0.1, -0.05) is 18.5 Å². The first-order chi connectivity index (χ1) is 21.6. The topological polar surface area (TPSA) is 123 Å². The lowest BCUT2D eigenvalue weighted by atomic mass is 9.88. The van der Waals surface area contributed by atoms with E-state index >= 15 is 0 Å². The Kier molecular flexibility index (Phi) is 6.83. The van der Waals surface area contributed by atoms with Gasteiger partial charge in [0.1, 0.15) is 29.9 Å². The number of nitrogens with one attached hydrogen (secondary N) is 2. The van der Waals surface area contributed by atoms with Crippen LogP contribution in [-0.4, -0.2) is 88.5 Å². The lowest BCUT2D eigenvalue weighted by molar-refractivity contribution is -0.124. The third-order valence-corrected chi connectivity index (χ3v) is 11.3. The summed E-state index contributed by atoms with van der Waals surface area (Å²) < 4.78 is 20.9. The second-order valence-electron chi connectivity index (χ2n) is 14.0. The Morgan fingerprint density at radius 1 is 1.16 bits per heavy atom. The summed E-state index contributed by atoms with van der Waals surface area (Å²) in [6.07, 6.45) is 4.43. The monoisotopic (exact) mass is 639 g/mol. The number of hydrogen-bond acceptors (Lipinski definition) is 9. The summed E-state index contributed by atoms with van der Waals surface area (Å²) in [5.41, 5.74) is 2.43. The van der Waals surface area contributed by atoms with Crippen LogP contribution in [0.25, 0.3) is 0 Å². The molecule has 4 saturated heterocycles. The van der Waals surface area contributed by atoms with Gasteiger partial charge < -0.3 is 25.0 Å². The number of rotatable bonds is 6. The van der Waals surface area contributed by atoms with E-state index < -0.39 is 17.7 Å². The Bertz CT molecular complexity index is 1580. The number of aromatic nitrogens is 2. The van der Waals surface area contributed by atoms with Crippen LogP contribution in [-0.2, 0) is 17.8 Å². The van der Waals surface area contributed by atoms with Gasteiger partial charge in [-0.05, 0) is 68.5 Å². The fourth-order valence-electron chi connectivity index (χ4n) is 8.56. The number of fused-ring (bicyclic) bond motifs is 2. The van der Waals surface area contributed by atoms with Gasteiger partial charge in [0, 0.05) is 48.4 Å². The standard InChI is InChI=1S/C32H39ClFN7O4/c1-18-10-22(18)26-23(33)11-20(42)12-25(26)39-9-4-21-24(15-39)35-30(45-17-31-5-2-8-41(31)14-19(34)13-31)36-27(21)40-7-3-6-32(16-40)28(43)37-29(44)38-32/h11-12,18-19,22,42H,2-10,13-17H2,1H3,(H2,37,38,43,44)/t18-,19+,22+,31-,32+/m0/s1. The number of nitrogens with zero attached hydrogens (tertiary/aromatic N) is 5. The highest BCUT2D eigenvalue weighted by Crippen LogP contribution is 2.54. The van der Waals surface area contributed by atoms with Gasteiger partial charge >= 0.3 is 12.0 Å². The molecule has 1 spiro atoms.